The lowest BCUT2D eigenvalue weighted by molar-refractivity contribution is -0.137. The third kappa shape index (κ3) is 5.27. The van der Waals surface area contributed by atoms with E-state index >= 15 is 0 Å². The lowest BCUT2D eigenvalue weighted by atomic mass is 10.0. The van der Waals surface area contributed by atoms with Crippen molar-refractivity contribution in [3.05, 3.63) is 16.1 Å². The van der Waals surface area contributed by atoms with Crippen molar-refractivity contribution in [2.75, 3.05) is 6.54 Å². The summed E-state index contributed by atoms with van der Waals surface area (Å²) in [5.41, 5.74) is 0. The minimum atomic E-state index is -0.772. The van der Waals surface area contributed by atoms with Gasteiger partial charge in [-0.2, -0.15) is 0 Å². The molecule has 0 aromatic carbocycles. The number of thiazole rings is 1. The Labute approximate surface area is 110 Å². The van der Waals surface area contributed by atoms with Crippen LogP contribution in [0.2, 0.25) is 0 Å². The smallest absolute Gasteiger partial charge is 0.303 e. The number of nitrogens with one attached hydrogen (secondary N) is 1. The normalized spacial score (nSPS) is 12.1. The molecule has 1 amide bonds. The van der Waals surface area contributed by atoms with Crippen LogP contribution >= 0.6 is 11.3 Å². The number of aryl methyl sites for hydroxylation is 1. The van der Waals surface area contributed by atoms with Crippen molar-refractivity contribution in [1.82, 2.24) is 10.3 Å². The van der Waals surface area contributed by atoms with E-state index in [9.17, 15) is 9.59 Å². The number of hydrogen-bond acceptors (Lipinski definition) is 4. The number of aliphatic carboxylic acids is 1. The number of nitrogens with zero attached hydrogens (tertiary/aromatic N) is 1. The highest BCUT2D eigenvalue weighted by Gasteiger charge is 2.10. The number of hydrogen-bond donors (Lipinski definition) is 2. The van der Waals surface area contributed by atoms with E-state index in [1.54, 1.807) is 6.20 Å². The highest BCUT2D eigenvalue weighted by molar-refractivity contribution is 7.13. The third-order valence-corrected chi connectivity index (χ3v) is 3.53. The average molecular weight is 270 g/mol. The van der Waals surface area contributed by atoms with Crippen LogP contribution < -0.4 is 5.32 Å². The molecule has 0 saturated heterocycles. The molecule has 0 aliphatic carbocycles. The summed E-state index contributed by atoms with van der Waals surface area (Å²) in [5.74, 6) is -0.582. The summed E-state index contributed by atoms with van der Waals surface area (Å²) in [6.45, 7) is 4.41. The highest BCUT2D eigenvalue weighted by atomic mass is 32.1. The summed E-state index contributed by atoms with van der Waals surface area (Å²) >= 11 is 1.37. The van der Waals surface area contributed by atoms with Crippen LogP contribution in [0, 0.1) is 12.8 Å². The first-order valence-corrected chi connectivity index (χ1v) is 6.73. The van der Waals surface area contributed by atoms with Gasteiger partial charge in [0.25, 0.3) is 5.91 Å². The van der Waals surface area contributed by atoms with Crippen LogP contribution in [0.4, 0.5) is 0 Å². The number of amides is 1. The van der Waals surface area contributed by atoms with Crippen molar-refractivity contribution in [2.24, 2.45) is 5.92 Å². The van der Waals surface area contributed by atoms with Crippen LogP contribution in [0.3, 0.4) is 0 Å². The van der Waals surface area contributed by atoms with Gasteiger partial charge in [-0.3, -0.25) is 9.59 Å². The van der Waals surface area contributed by atoms with Crippen LogP contribution in [-0.2, 0) is 4.79 Å². The van der Waals surface area contributed by atoms with Crippen molar-refractivity contribution < 1.29 is 14.7 Å². The van der Waals surface area contributed by atoms with E-state index in [2.05, 4.69) is 10.3 Å². The second-order valence-corrected chi connectivity index (χ2v) is 5.56. The summed E-state index contributed by atoms with van der Waals surface area (Å²) in [6.07, 6.45) is 3.19. The highest BCUT2D eigenvalue weighted by Crippen LogP contribution is 2.12. The van der Waals surface area contributed by atoms with Crippen molar-refractivity contribution in [2.45, 2.75) is 33.1 Å². The molecule has 0 fully saturated rings. The fourth-order valence-corrected chi connectivity index (χ4v) is 2.19. The Morgan fingerprint density at radius 2 is 2.22 bits per heavy atom. The zero-order chi connectivity index (χ0) is 13.5. The lowest BCUT2D eigenvalue weighted by Gasteiger charge is -2.10. The van der Waals surface area contributed by atoms with Crippen LogP contribution in [0.15, 0.2) is 6.20 Å². The summed E-state index contributed by atoms with van der Waals surface area (Å²) in [7, 11) is 0. The maximum Gasteiger partial charge on any atom is 0.303 e. The predicted molar refractivity (Wildman–Crippen MR) is 69.8 cm³/mol. The Kier molecular flexibility index (Phi) is 5.77. The van der Waals surface area contributed by atoms with E-state index in [4.69, 9.17) is 5.11 Å². The fraction of sp³-hybridized carbons (Fsp3) is 0.583. The van der Waals surface area contributed by atoms with Gasteiger partial charge in [0.1, 0.15) is 4.88 Å². The largest absolute Gasteiger partial charge is 0.481 e. The topological polar surface area (TPSA) is 79.3 Å². The van der Waals surface area contributed by atoms with Gasteiger partial charge in [-0.05, 0) is 25.7 Å². The van der Waals surface area contributed by atoms with E-state index in [-0.39, 0.29) is 12.3 Å². The van der Waals surface area contributed by atoms with Gasteiger partial charge in [0.2, 0.25) is 0 Å². The molecule has 0 radical (unpaired) electrons. The van der Waals surface area contributed by atoms with Crippen molar-refractivity contribution in [3.63, 3.8) is 0 Å². The number of carbonyl (C=O) groups is 2. The molecule has 0 bridgehead atoms. The van der Waals surface area contributed by atoms with Crippen LogP contribution in [0.5, 0.6) is 0 Å². The molecule has 1 aromatic rings. The first-order valence-electron chi connectivity index (χ1n) is 5.91. The minimum absolute atomic E-state index is 0.106. The van der Waals surface area contributed by atoms with Crippen molar-refractivity contribution in [1.29, 1.82) is 0 Å². The third-order valence-electron chi connectivity index (χ3n) is 2.62. The van der Waals surface area contributed by atoms with Crippen LogP contribution in [0.1, 0.15) is 40.9 Å². The summed E-state index contributed by atoms with van der Waals surface area (Å²) in [5, 5.41) is 12.2. The standard InChI is InChI=1S/C12H18N2O3S/c1-8(3-4-11(15)16)5-6-13-12(17)10-7-14-9(2)18-10/h7-8H,3-6H2,1-2H3,(H,13,17)(H,15,16). The molecule has 1 heterocycles. The van der Waals surface area contributed by atoms with Crippen LogP contribution in [0.25, 0.3) is 0 Å². The molecule has 1 aromatic heterocycles. The Bertz CT molecular complexity index is 417. The molecular formula is C12H18N2O3S. The van der Waals surface area contributed by atoms with Gasteiger partial charge in [0.15, 0.2) is 0 Å². The van der Waals surface area contributed by atoms with E-state index in [0.717, 1.165) is 11.4 Å². The summed E-state index contributed by atoms with van der Waals surface area (Å²) < 4.78 is 0. The molecule has 1 unspecified atom stereocenters. The SMILES string of the molecule is Cc1ncc(C(=O)NCCC(C)CCC(=O)O)s1. The quantitative estimate of drug-likeness (QED) is 0.795. The lowest BCUT2D eigenvalue weighted by Crippen LogP contribution is -2.24. The Morgan fingerprint density at radius 1 is 1.50 bits per heavy atom. The monoisotopic (exact) mass is 270 g/mol. The van der Waals surface area contributed by atoms with E-state index < -0.39 is 5.97 Å². The first kappa shape index (κ1) is 14.6. The molecule has 0 saturated carbocycles. The van der Waals surface area contributed by atoms with Gasteiger partial charge in [-0.15, -0.1) is 11.3 Å². The maximum absolute atomic E-state index is 11.7. The number of aromatic nitrogens is 1. The molecule has 5 nitrogen and oxygen atoms in total. The van der Waals surface area contributed by atoms with Gasteiger partial charge in [0, 0.05) is 13.0 Å². The van der Waals surface area contributed by atoms with Gasteiger partial charge in [0.05, 0.1) is 11.2 Å². The van der Waals surface area contributed by atoms with Gasteiger partial charge < -0.3 is 10.4 Å². The number of carbonyl (C=O) groups excluding carboxylic acids is 1. The number of carboxylic acids is 1. The summed E-state index contributed by atoms with van der Waals surface area (Å²) in [4.78, 5) is 26.7. The molecule has 0 aliphatic rings. The van der Waals surface area contributed by atoms with Gasteiger partial charge in [-0.1, -0.05) is 6.92 Å². The maximum atomic E-state index is 11.7. The average Bonchev–Trinajstić information content (AvgIpc) is 2.73. The molecule has 2 N–H and O–H groups in total. The molecule has 0 spiro atoms. The summed E-state index contributed by atoms with van der Waals surface area (Å²) in [6, 6.07) is 0. The Morgan fingerprint density at radius 3 is 2.78 bits per heavy atom. The molecule has 1 rings (SSSR count). The molecule has 0 aliphatic heterocycles. The molecule has 100 valence electrons. The molecule has 6 heteroatoms. The van der Waals surface area contributed by atoms with Gasteiger partial charge in [-0.25, -0.2) is 4.98 Å². The van der Waals surface area contributed by atoms with Crippen molar-refractivity contribution >= 4 is 23.2 Å². The Balaban J connectivity index is 2.21. The molecule has 1 atom stereocenters. The zero-order valence-corrected chi connectivity index (χ0v) is 11.4. The van der Waals surface area contributed by atoms with E-state index in [0.29, 0.717) is 23.8 Å². The fourth-order valence-electron chi connectivity index (χ4n) is 1.50. The van der Waals surface area contributed by atoms with E-state index in [1.807, 2.05) is 13.8 Å². The van der Waals surface area contributed by atoms with Crippen molar-refractivity contribution in [3.8, 4) is 0 Å². The van der Waals surface area contributed by atoms with Crippen LogP contribution in [-0.4, -0.2) is 28.5 Å². The van der Waals surface area contributed by atoms with E-state index in [1.165, 1.54) is 11.3 Å². The molecular weight excluding hydrogens is 252 g/mol. The zero-order valence-electron chi connectivity index (χ0n) is 10.6. The second-order valence-electron chi connectivity index (χ2n) is 4.33. The van der Waals surface area contributed by atoms with Gasteiger partial charge >= 0.3 is 5.97 Å². The predicted octanol–water partition coefficient (Wildman–Crippen LogP) is 2.07. The first-order chi connectivity index (χ1) is 8.49. The number of carboxylic acid groups (broad SMARTS) is 1. The number of rotatable bonds is 7. The Hall–Kier alpha value is -1.43. The molecule has 18 heavy (non-hydrogen) atoms. The minimum Gasteiger partial charge on any atom is -0.481 e. The second kappa shape index (κ2) is 7.10.